The van der Waals surface area contributed by atoms with E-state index < -0.39 is 24.0 Å². The standard InChI is InChI=1S/2C13H17NO3/c2*1-10(15)14-12(13(16)17)9-5-8-11-6-3-2-4-7-11/h2*2-4,6-7,12H,5,8-9H2,1H3,(H,14,15)(H,16,17)/t12-;/m1./s1. The zero-order valence-corrected chi connectivity index (χ0v) is 19.7. The molecule has 0 spiro atoms. The Morgan fingerprint density at radius 2 is 0.971 bits per heavy atom. The van der Waals surface area contributed by atoms with E-state index in [1.165, 1.54) is 25.0 Å². The molecule has 4 N–H and O–H groups in total. The number of nitrogens with one attached hydrogen (secondary N) is 2. The van der Waals surface area contributed by atoms with Gasteiger partial charge in [0.15, 0.2) is 0 Å². The van der Waals surface area contributed by atoms with Gasteiger partial charge in [0.05, 0.1) is 0 Å². The quantitative estimate of drug-likeness (QED) is 0.377. The molecule has 2 aromatic rings. The fourth-order valence-corrected chi connectivity index (χ4v) is 3.32. The summed E-state index contributed by atoms with van der Waals surface area (Å²) in [6, 6.07) is 18.2. The second-order valence-electron chi connectivity index (χ2n) is 7.94. The fourth-order valence-electron chi connectivity index (χ4n) is 3.32. The number of carbonyl (C=O) groups is 4. The number of hydrogen-bond acceptors (Lipinski definition) is 4. The van der Waals surface area contributed by atoms with E-state index in [0.717, 1.165) is 25.7 Å². The van der Waals surface area contributed by atoms with Crippen molar-refractivity contribution < 1.29 is 29.4 Å². The maximum atomic E-state index is 10.9. The largest absolute Gasteiger partial charge is 0.480 e. The Kier molecular flexibility index (Phi) is 13.4. The summed E-state index contributed by atoms with van der Waals surface area (Å²) in [4.78, 5) is 43.4. The van der Waals surface area contributed by atoms with Crippen LogP contribution in [0.2, 0.25) is 0 Å². The average Bonchev–Trinajstić information content (AvgIpc) is 2.79. The van der Waals surface area contributed by atoms with Crippen LogP contribution in [0.15, 0.2) is 60.7 Å². The van der Waals surface area contributed by atoms with Gasteiger partial charge in [-0.15, -0.1) is 0 Å². The number of amides is 2. The zero-order valence-electron chi connectivity index (χ0n) is 19.7. The highest BCUT2D eigenvalue weighted by atomic mass is 16.4. The smallest absolute Gasteiger partial charge is 0.326 e. The van der Waals surface area contributed by atoms with Gasteiger partial charge < -0.3 is 20.8 Å². The third-order valence-electron chi connectivity index (χ3n) is 4.95. The minimum atomic E-state index is -0.978. The first-order valence-electron chi connectivity index (χ1n) is 11.3. The second kappa shape index (κ2) is 16.0. The summed E-state index contributed by atoms with van der Waals surface area (Å²) in [5.74, 6) is -2.57. The molecule has 2 rings (SSSR count). The first kappa shape index (κ1) is 28.4. The van der Waals surface area contributed by atoms with Crippen LogP contribution in [0.1, 0.15) is 50.7 Å². The Morgan fingerprint density at radius 1 is 0.647 bits per heavy atom. The van der Waals surface area contributed by atoms with Crippen molar-refractivity contribution in [1.29, 1.82) is 0 Å². The zero-order chi connectivity index (χ0) is 25.3. The molecule has 0 saturated heterocycles. The molecule has 34 heavy (non-hydrogen) atoms. The van der Waals surface area contributed by atoms with Crippen molar-refractivity contribution >= 4 is 23.8 Å². The van der Waals surface area contributed by atoms with E-state index in [9.17, 15) is 19.2 Å². The van der Waals surface area contributed by atoms with Crippen LogP contribution < -0.4 is 10.6 Å². The van der Waals surface area contributed by atoms with Gasteiger partial charge in [0.25, 0.3) is 0 Å². The molecular weight excluding hydrogens is 436 g/mol. The predicted molar refractivity (Wildman–Crippen MR) is 129 cm³/mol. The summed E-state index contributed by atoms with van der Waals surface area (Å²) in [5.41, 5.74) is 2.36. The van der Waals surface area contributed by atoms with Gasteiger partial charge in [-0.3, -0.25) is 9.59 Å². The van der Waals surface area contributed by atoms with Crippen LogP contribution in [0.5, 0.6) is 0 Å². The summed E-state index contributed by atoms with van der Waals surface area (Å²) in [7, 11) is 0. The number of carbonyl (C=O) groups excluding carboxylic acids is 2. The van der Waals surface area contributed by atoms with Gasteiger partial charge in [-0.2, -0.15) is 0 Å². The maximum absolute atomic E-state index is 10.9. The van der Waals surface area contributed by atoms with Crippen LogP contribution >= 0.6 is 0 Å². The molecule has 0 radical (unpaired) electrons. The molecular formula is C26H34N2O6. The van der Waals surface area contributed by atoms with Crippen LogP contribution in [-0.4, -0.2) is 46.0 Å². The van der Waals surface area contributed by atoms with Gasteiger partial charge in [-0.25, -0.2) is 9.59 Å². The molecule has 8 nitrogen and oxygen atoms in total. The normalized spacial score (nSPS) is 11.8. The third-order valence-corrected chi connectivity index (χ3v) is 4.95. The summed E-state index contributed by atoms with van der Waals surface area (Å²) in [5, 5.41) is 22.7. The lowest BCUT2D eigenvalue weighted by atomic mass is 10.0. The van der Waals surface area contributed by atoms with Crippen molar-refractivity contribution in [3.05, 3.63) is 71.8 Å². The SMILES string of the molecule is CC(=O)NC(CCCc1ccccc1)C(=O)O.CC(=O)N[C@H](CCCc1ccccc1)C(=O)O. The topological polar surface area (TPSA) is 133 Å². The summed E-state index contributed by atoms with van der Waals surface area (Å²) >= 11 is 0. The molecule has 1 unspecified atom stereocenters. The maximum Gasteiger partial charge on any atom is 0.326 e. The molecule has 0 aliphatic rings. The van der Waals surface area contributed by atoms with Crippen LogP contribution in [0.4, 0.5) is 0 Å². The molecule has 2 aromatic carbocycles. The van der Waals surface area contributed by atoms with Gasteiger partial charge in [0.2, 0.25) is 11.8 Å². The highest BCUT2D eigenvalue weighted by Crippen LogP contribution is 2.08. The van der Waals surface area contributed by atoms with Crippen LogP contribution in [0.25, 0.3) is 0 Å². The van der Waals surface area contributed by atoms with Crippen molar-refractivity contribution in [2.75, 3.05) is 0 Å². The Labute approximate surface area is 200 Å². The molecule has 0 aliphatic heterocycles. The second-order valence-corrected chi connectivity index (χ2v) is 7.94. The lowest BCUT2D eigenvalue weighted by molar-refractivity contribution is -0.142. The van der Waals surface area contributed by atoms with Gasteiger partial charge in [-0.05, 0) is 49.7 Å². The average molecular weight is 471 g/mol. The summed E-state index contributed by atoms with van der Waals surface area (Å²) in [6.45, 7) is 2.65. The lowest BCUT2D eigenvalue weighted by Gasteiger charge is -2.12. The molecule has 8 heteroatoms. The van der Waals surface area contributed by atoms with Crippen LogP contribution in [0, 0.1) is 0 Å². The van der Waals surface area contributed by atoms with E-state index in [-0.39, 0.29) is 11.8 Å². The van der Waals surface area contributed by atoms with E-state index in [0.29, 0.717) is 12.8 Å². The van der Waals surface area contributed by atoms with Crippen molar-refractivity contribution in [2.45, 2.75) is 64.5 Å². The van der Waals surface area contributed by atoms with E-state index in [4.69, 9.17) is 10.2 Å². The lowest BCUT2D eigenvalue weighted by Crippen LogP contribution is -2.39. The van der Waals surface area contributed by atoms with Gasteiger partial charge in [0.1, 0.15) is 12.1 Å². The van der Waals surface area contributed by atoms with E-state index >= 15 is 0 Å². The highest BCUT2D eigenvalue weighted by Gasteiger charge is 2.18. The number of benzene rings is 2. The van der Waals surface area contributed by atoms with E-state index in [1.54, 1.807) is 0 Å². The van der Waals surface area contributed by atoms with Crippen LogP contribution in [-0.2, 0) is 32.0 Å². The molecule has 0 aliphatic carbocycles. The Morgan fingerprint density at radius 3 is 1.24 bits per heavy atom. The van der Waals surface area contributed by atoms with E-state index in [2.05, 4.69) is 10.6 Å². The monoisotopic (exact) mass is 470 g/mol. The summed E-state index contributed by atoms with van der Waals surface area (Å²) in [6.07, 6.45) is 4.02. The number of hydrogen-bond donors (Lipinski definition) is 4. The molecule has 184 valence electrons. The fraction of sp³-hybridized carbons (Fsp3) is 0.385. The predicted octanol–water partition coefficient (Wildman–Crippen LogP) is 3.20. The van der Waals surface area contributed by atoms with Gasteiger partial charge in [0, 0.05) is 13.8 Å². The number of carboxylic acids is 2. The molecule has 0 saturated carbocycles. The number of carboxylic acid groups (broad SMARTS) is 2. The molecule has 2 amide bonds. The number of aryl methyl sites for hydroxylation is 2. The summed E-state index contributed by atoms with van der Waals surface area (Å²) < 4.78 is 0. The number of aliphatic carboxylic acids is 2. The minimum Gasteiger partial charge on any atom is -0.480 e. The molecule has 0 bridgehead atoms. The Hall–Kier alpha value is -3.68. The highest BCUT2D eigenvalue weighted by molar-refractivity contribution is 5.82. The molecule has 0 fully saturated rings. The van der Waals surface area contributed by atoms with Gasteiger partial charge >= 0.3 is 11.9 Å². The third kappa shape index (κ3) is 13.0. The first-order chi connectivity index (χ1) is 16.2. The van der Waals surface area contributed by atoms with Gasteiger partial charge in [-0.1, -0.05) is 60.7 Å². The number of rotatable bonds is 12. The molecule has 0 heterocycles. The van der Waals surface area contributed by atoms with Crippen molar-refractivity contribution in [2.24, 2.45) is 0 Å². The van der Waals surface area contributed by atoms with Crippen LogP contribution in [0.3, 0.4) is 0 Å². The van der Waals surface area contributed by atoms with Crippen molar-refractivity contribution in [3.8, 4) is 0 Å². The Balaban J connectivity index is 0.000000340. The van der Waals surface area contributed by atoms with Crippen molar-refractivity contribution in [3.63, 3.8) is 0 Å². The Bertz CT molecular complexity index is 827. The van der Waals surface area contributed by atoms with E-state index in [1.807, 2.05) is 60.7 Å². The first-order valence-corrected chi connectivity index (χ1v) is 11.3. The minimum absolute atomic E-state index is 0.308. The molecule has 2 atom stereocenters. The molecule has 0 aromatic heterocycles. The van der Waals surface area contributed by atoms with Crippen molar-refractivity contribution in [1.82, 2.24) is 10.6 Å².